The maximum Gasteiger partial charge on any atom is 0.0540 e. The highest BCUT2D eigenvalue weighted by Gasteiger charge is 2.26. The molecule has 670 valence electrons. The van der Waals surface area contributed by atoms with Gasteiger partial charge in [0.1, 0.15) is 0 Å². The minimum atomic E-state index is 1.13. The molecule has 0 spiro atoms. The molecule has 0 aliphatic heterocycles. The molecule has 0 saturated carbocycles. The first-order chi connectivity index (χ1) is 70.9. The fraction of sp³-hybridized carbons (Fsp3) is 0. The number of fused-ring (bicyclic) bond motifs is 23. The summed E-state index contributed by atoms with van der Waals surface area (Å²) < 4.78 is 15.8. The van der Waals surface area contributed by atoms with Gasteiger partial charge < -0.3 is 14.7 Å². The maximum atomic E-state index is 2.47. The number of benzene rings is 24. The molecule has 0 unspecified atom stereocenters. The minimum absolute atomic E-state index is 1.13. The molecule has 0 saturated heterocycles. The van der Waals surface area contributed by atoms with Crippen molar-refractivity contribution in [1.82, 2.24) is 0 Å². The first-order valence-corrected chi connectivity index (χ1v) is 53.3. The van der Waals surface area contributed by atoms with Crippen LogP contribution in [0.3, 0.4) is 0 Å². The van der Waals surface area contributed by atoms with Gasteiger partial charge in [-0.05, 0) is 235 Å². The second-order valence-electron chi connectivity index (χ2n) is 36.7. The average Bonchev–Trinajstić information content (AvgIpc) is 1.73. The summed E-state index contributed by atoms with van der Waals surface area (Å²) in [5.74, 6) is 0. The van der Waals surface area contributed by atoms with Crippen LogP contribution in [-0.4, -0.2) is 0 Å². The van der Waals surface area contributed by atoms with Crippen molar-refractivity contribution in [3.63, 3.8) is 0 Å². The van der Waals surface area contributed by atoms with Crippen molar-refractivity contribution < 1.29 is 0 Å². The molecule has 0 bridgehead atoms. The standard InChI is InChI=1S/C46H29NS2.2C44H27NS2/c1-2-10-30(11-3-1)31-18-21-33(22-19-31)47(34-23-24-40-38-14-6-8-16-43(38)49-46(40)29-34)42-26-25-35(36-12-4-5-13-37(36)42)32-20-27-45-41(28-32)39-15-7-9-17-44(39)48-45;1-2-12-32-28(10-1)11-9-17-39(32)45(30-21-22-37-35-15-5-7-18-41(35)47-44(37)27-30)40-24-23-31(33-13-3-4-14-34(33)40)29-20-25-43-38(26-29)36-16-6-8-19-42(36)46-43;1-2-10-29-25-31(19-17-28(29)9-1)45(32-20-21-38-36-13-5-7-15-41(36)47-44(38)27-32)40-23-22-33(34-11-3-4-12-35(34)40)30-18-24-43-39(26-30)37-14-6-8-16-42(37)46-43/h1-29H;2*1-27H. The van der Waals surface area contributed by atoms with Gasteiger partial charge in [-0.2, -0.15) is 0 Å². The number of hydrogen-bond acceptors (Lipinski definition) is 9. The van der Waals surface area contributed by atoms with Gasteiger partial charge in [-0.3, -0.25) is 0 Å². The molecular weight excluding hydrogens is 1840 g/mol. The van der Waals surface area contributed by atoms with E-state index in [1.54, 1.807) is 0 Å². The van der Waals surface area contributed by atoms with Crippen LogP contribution in [-0.2, 0) is 0 Å². The van der Waals surface area contributed by atoms with E-state index in [2.05, 4.69) is 518 Å². The Bertz CT molecular complexity index is 10300. The molecule has 0 radical (unpaired) electrons. The van der Waals surface area contributed by atoms with Crippen molar-refractivity contribution >= 4 is 294 Å². The summed E-state index contributed by atoms with van der Waals surface area (Å²) in [7, 11) is 0. The molecule has 0 amide bonds. The zero-order valence-electron chi connectivity index (χ0n) is 77.2. The van der Waals surface area contributed by atoms with Crippen LogP contribution in [0.5, 0.6) is 0 Å². The Balaban J connectivity index is 0.000000105. The van der Waals surface area contributed by atoms with E-state index >= 15 is 0 Å². The molecule has 0 aliphatic carbocycles. The maximum absolute atomic E-state index is 2.47. The molecule has 30 aromatic rings. The number of anilines is 9. The Morgan fingerprint density at radius 3 is 0.783 bits per heavy atom. The molecular formula is C134H83N3S6. The van der Waals surface area contributed by atoms with Crippen molar-refractivity contribution in [2.24, 2.45) is 0 Å². The third-order valence-corrected chi connectivity index (χ3v) is 35.4. The van der Waals surface area contributed by atoms with Gasteiger partial charge in [0.2, 0.25) is 0 Å². The lowest BCUT2D eigenvalue weighted by atomic mass is 9.95. The molecule has 0 aliphatic rings. The van der Waals surface area contributed by atoms with Crippen LogP contribution in [0.2, 0.25) is 0 Å². The summed E-state index contributed by atoms with van der Waals surface area (Å²) in [5, 5.41) is 28.2. The van der Waals surface area contributed by atoms with E-state index < -0.39 is 0 Å². The van der Waals surface area contributed by atoms with Crippen molar-refractivity contribution in [1.29, 1.82) is 0 Å². The molecule has 0 N–H and O–H groups in total. The zero-order valence-corrected chi connectivity index (χ0v) is 82.1. The smallest absolute Gasteiger partial charge is 0.0540 e. The van der Waals surface area contributed by atoms with Crippen molar-refractivity contribution in [2.45, 2.75) is 0 Å². The quantitative estimate of drug-likeness (QED) is 0.114. The van der Waals surface area contributed by atoms with E-state index in [-0.39, 0.29) is 0 Å². The van der Waals surface area contributed by atoms with E-state index in [1.165, 1.54) is 236 Å². The highest BCUT2D eigenvalue weighted by molar-refractivity contribution is 7.28. The van der Waals surface area contributed by atoms with Crippen LogP contribution >= 0.6 is 68.0 Å². The summed E-state index contributed by atoms with van der Waals surface area (Å²) in [6.07, 6.45) is 0. The van der Waals surface area contributed by atoms with Crippen molar-refractivity contribution in [3.05, 3.63) is 504 Å². The molecule has 143 heavy (non-hydrogen) atoms. The second-order valence-corrected chi connectivity index (χ2v) is 43.2. The van der Waals surface area contributed by atoms with Gasteiger partial charge in [0.15, 0.2) is 0 Å². The molecule has 30 rings (SSSR count). The van der Waals surface area contributed by atoms with Crippen LogP contribution in [0.25, 0.3) is 219 Å². The molecule has 9 heteroatoms. The lowest BCUT2D eigenvalue weighted by molar-refractivity contribution is 1.30. The lowest BCUT2D eigenvalue weighted by Gasteiger charge is -2.29. The Labute approximate surface area is 849 Å². The summed E-state index contributed by atoms with van der Waals surface area (Å²) in [6, 6.07) is 185. The fourth-order valence-electron chi connectivity index (χ4n) is 21.8. The Morgan fingerprint density at radius 2 is 0.371 bits per heavy atom. The largest absolute Gasteiger partial charge is 0.310 e. The van der Waals surface area contributed by atoms with Gasteiger partial charge in [-0.15, -0.1) is 68.0 Å². The molecule has 3 nitrogen and oxygen atoms in total. The molecule has 0 fully saturated rings. The first-order valence-electron chi connectivity index (χ1n) is 48.4. The van der Waals surface area contributed by atoms with Gasteiger partial charge in [0, 0.05) is 171 Å². The Hall–Kier alpha value is -16.7. The predicted molar refractivity (Wildman–Crippen MR) is 630 cm³/mol. The minimum Gasteiger partial charge on any atom is -0.310 e. The highest BCUT2D eigenvalue weighted by atomic mass is 32.1. The number of thiophene rings is 6. The number of rotatable bonds is 13. The average molecular weight is 1930 g/mol. The predicted octanol–water partition coefficient (Wildman–Crippen LogP) is 42.1. The van der Waals surface area contributed by atoms with Crippen LogP contribution < -0.4 is 14.7 Å². The molecule has 6 heterocycles. The lowest BCUT2D eigenvalue weighted by Crippen LogP contribution is -2.11. The topological polar surface area (TPSA) is 9.72 Å². The summed E-state index contributed by atoms with van der Waals surface area (Å²) in [6.45, 7) is 0. The van der Waals surface area contributed by atoms with Gasteiger partial charge >= 0.3 is 0 Å². The molecule has 0 atom stereocenters. The summed E-state index contributed by atoms with van der Waals surface area (Å²) in [4.78, 5) is 7.34. The summed E-state index contributed by atoms with van der Waals surface area (Å²) in [5.41, 5.74) is 20.3. The van der Waals surface area contributed by atoms with Crippen LogP contribution in [0.15, 0.2) is 504 Å². The summed E-state index contributed by atoms with van der Waals surface area (Å²) >= 11 is 11.2. The third-order valence-electron chi connectivity index (χ3n) is 28.6. The fourth-order valence-corrected chi connectivity index (χ4v) is 28.5. The Morgan fingerprint density at radius 1 is 0.112 bits per heavy atom. The number of hydrogen-bond donors (Lipinski definition) is 0. The van der Waals surface area contributed by atoms with E-state index in [4.69, 9.17) is 0 Å². The monoisotopic (exact) mass is 1930 g/mol. The SMILES string of the molecule is c1ccc(-c2ccc(N(c3ccc4c(c3)sc3ccccc34)c3ccc(-c4ccc5sc6ccccc6c5c4)c4ccccc34)cc2)cc1.c1ccc2c(N(c3ccc4c(c3)sc3ccccc34)c3ccc(-c4ccc5sc6ccccc6c5c4)c4ccccc34)cccc2c1.c1ccc2cc(N(c3ccc4c(c3)sc3ccccc34)c3ccc(-c4ccc5sc6ccccc6c5c4)c4ccccc34)ccc2c1. The van der Waals surface area contributed by atoms with Gasteiger partial charge in [0.25, 0.3) is 0 Å². The normalized spacial score (nSPS) is 11.8. The first kappa shape index (κ1) is 84.4. The van der Waals surface area contributed by atoms with E-state index in [9.17, 15) is 0 Å². The van der Waals surface area contributed by atoms with E-state index in [0.29, 0.717) is 0 Å². The highest BCUT2D eigenvalue weighted by Crippen LogP contribution is 2.53. The third kappa shape index (κ3) is 14.8. The molecule has 6 aromatic heterocycles. The zero-order chi connectivity index (χ0) is 94.1. The van der Waals surface area contributed by atoms with Crippen LogP contribution in [0, 0.1) is 0 Å². The van der Waals surface area contributed by atoms with E-state index in [1.807, 2.05) is 68.0 Å². The molecule has 24 aromatic carbocycles. The van der Waals surface area contributed by atoms with Crippen LogP contribution in [0.4, 0.5) is 51.2 Å². The van der Waals surface area contributed by atoms with Gasteiger partial charge in [-0.25, -0.2) is 0 Å². The van der Waals surface area contributed by atoms with Gasteiger partial charge in [0.05, 0.1) is 22.7 Å². The van der Waals surface area contributed by atoms with Gasteiger partial charge in [-0.1, -0.05) is 346 Å². The Kier molecular flexibility index (Phi) is 20.8. The van der Waals surface area contributed by atoms with Crippen molar-refractivity contribution in [3.8, 4) is 44.5 Å². The van der Waals surface area contributed by atoms with Crippen molar-refractivity contribution in [2.75, 3.05) is 14.7 Å². The van der Waals surface area contributed by atoms with Crippen LogP contribution in [0.1, 0.15) is 0 Å². The number of nitrogens with zero attached hydrogens (tertiary/aromatic N) is 3. The van der Waals surface area contributed by atoms with E-state index in [0.717, 1.165) is 34.1 Å². The second kappa shape index (κ2) is 35.3.